The van der Waals surface area contributed by atoms with Crippen molar-refractivity contribution in [3.63, 3.8) is 0 Å². The summed E-state index contributed by atoms with van der Waals surface area (Å²) in [5.74, 6) is -0.482. The number of carbonyl (C=O) groups excluding carboxylic acids is 2. The van der Waals surface area contributed by atoms with Crippen molar-refractivity contribution in [1.29, 1.82) is 0 Å². The van der Waals surface area contributed by atoms with E-state index in [1.54, 1.807) is 52.0 Å². The second-order valence-corrected chi connectivity index (χ2v) is 11.2. The van der Waals surface area contributed by atoms with Crippen molar-refractivity contribution in [2.45, 2.75) is 71.3 Å². The summed E-state index contributed by atoms with van der Waals surface area (Å²) in [5.41, 5.74) is 0.791. The molecule has 0 aliphatic carbocycles. The maximum absolute atomic E-state index is 16.9. The lowest BCUT2D eigenvalue weighted by atomic mass is 9.90. The average molecular weight is 573 g/mol. The van der Waals surface area contributed by atoms with Gasteiger partial charge in [-0.05, 0) is 82.9 Å². The monoisotopic (exact) mass is 572 g/mol. The fourth-order valence-corrected chi connectivity index (χ4v) is 5.52. The largest absolute Gasteiger partial charge is 0.496 e. The van der Waals surface area contributed by atoms with E-state index in [0.29, 0.717) is 41.7 Å². The molecule has 0 N–H and O–H groups in total. The molecule has 1 saturated heterocycles. The molecule has 41 heavy (non-hydrogen) atoms. The minimum Gasteiger partial charge on any atom is -0.496 e. The molecule has 10 heteroatoms. The second kappa shape index (κ2) is 11.8. The Bertz CT molecular complexity index is 1410. The van der Waals surface area contributed by atoms with Crippen LogP contribution in [0.3, 0.4) is 0 Å². The number of aromatic nitrogens is 1. The number of ether oxygens (including phenoxy) is 4. The fraction of sp³-hybridized carbons (Fsp3) is 0.484. The Balaban J connectivity index is 1.83. The molecular weight excluding hydrogens is 534 g/mol. The summed E-state index contributed by atoms with van der Waals surface area (Å²) in [4.78, 5) is 26.1. The SMILES string of the molecule is CCO[C@@H]1CCN(C(F)(F)c2c(OC)cc(C)c3c2ccn3C(=O)OC(C)(C)C)[C@H](c2ccc(C(=O)OC)cc2)C1. The van der Waals surface area contributed by atoms with Crippen LogP contribution < -0.4 is 4.74 Å². The minimum absolute atomic E-state index is 0.0219. The number of aryl methyl sites for hydroxylation is 1. The third kappa shape index (κ3) is 6.08. The van der Waals surface area contributed by atoms with Crippen LogP contribution in [0.1, 0.15) is 73.6 Å². The summed E-state index contributed by atoms with van der Waals surface area (Å²) in [6.45, 7) is 9.38. The van der Waals surface area contributed by atoms with Gasteiger partial charge >= 0.3 is 18.1 Å². The molecule has 0 unspecified atom stereocenters. The summed E-state index contributed by atoms with van der Waals surface area (Å²) >= 11 is 0. The van der Waals surface area contributed by atoms with Crippen LogP contribution in [0.5, 0.6) is 5.75 Å². The van der Waals surface area contributed by atoms with Crippen LogP contribution in [0.25, 0.3) is 10.9 Å². The van der Waals surface area contributed by atoms with Gasteiger partial charge in [-0.2, -0.15) is 8.78 Å². The Labute approximate surface area is 239 Å². The number of halogens is 2. The van der Waals surface area contributed by atoms with Crippen LogP contribution >= 0.6 is 0 Å². The predicted molar refractivity (Wildman–Crippen MR) is 151 cm³/mol. The molecule has 2 atom stereocenters. The lowest BCUT2D eigenvalue weighted by Gasteiger charge is -2.44. The van der Waals surface area contributed by atoms with Gasteiger partial charge < -0.3 is 18.9 Å². The molecule has 2 heterocycles. The topological polar surface area (TPSA) is 79.2 Å². The molecule has 1 aromatic heterocycles. The zero-order chi connectivity index (χ0) is 30.1. The Morgan fingerprint density at radius 1 is 1.07 bits per heavy atom. The zero-order valence-electron chi connectivity index (χ0n) is 24.6. The molecular formula is C31H38F2N2O6. The maximum Gasteiger partial charge on any atom is 0.419 e. The van der Waals surface area contributed by atoms with Gasteiger partial charge in [-0.15, -0.1) is 0 Å². The van der Waals surface area contributed by atoms with E-state index in [1.807, 2.05) is 6.92 Å². The highest BCUT2D eigenvalue weighted by molar-refractivity contribution is 5.95. The van der Waals surface area contributed by atoms with Gasteiger partial charge in [0.2, 0.25) is 0 Å². The number of benzene rings is 2. The number of nitrogens with zero attached hydrogens (tertiary/aromatic N) is 2. The van der Waals surface area contributed by atoms with Crippen LogP contribution in [0.15, 0.2) is 42.6 Å². The van der Waals surface area contributed by atoms with Crippen LogP contribution in [-0.4, -0.2) is 60.6 Å². The van der Waals surface area contributed by atoms with Crippen molar-refractivity contribution in [2.75, 3.05) is 27.4 Å². The molecule has 0 bridgehead atoms. The van der Waals surface area contributed by atoms with Crippen molar-refractivity contribution in [3.05, 3.63) is 64.8 Å². The molecule has 2 aromatic carbocycles. The number of likely N-dealkylation sites (tertiary alicyclic amines) is 1. The summed E-state index contributed by atoms with van der Waals surface area (Å²) in [5, 5.41) is 0.199. The quantitative estimate of drug-likeness (QED) is 0.227. The number of rotatable bonds is 7. The highest BCUT2D eigenvalue weighted by atomic mass is 19.3. The standard InChI is InChI=1S/C31H38F2N2O6/c1-8-40-22-13-16-35(24(18-22)20-9-11-21(12-10-20)28(36)39-7)31(32,33)26-23-14-15-34(29(37)41-30(3,4)5)27(23)19(2)17-25(26)38-6/h9-12,14-15,17,22,24H,8,13,16,18H2,1-7H3/t22-,24+/m1/s1. The van der Waals surface area contributed by atoms with Crippen LogP contribution in [0, 0.1) is 6.92 Å². The van der Waals surface area contributed by atoms with E-state index >= 15 is 8.78 Å². The zero-order valence-corrected chi connectivity index (χ0v) is 24.6. The third-order valence-corrected chi connectivity index (χ3v) is 7.27. The van der Waals surface area contributed by atoms with Crippen LogP contribution in [-0.2, 0) is 20.3 Å². The molecule has 0 radical (unpaired) electrons. The highest BCUT2D eigenvalue weighted by Crippen LogP contribution is 2.49. The van der Waals surface area contributed by atoms with Crippen LogP contribution in [0.2, 0.25) is 0 Å². The first kappa shape index (κ1) is 30.5. The number of esters is 1. The van der Waals surface area contributed by atoms with Crippen molar-refractivity contribution in [3.8, 4) is 5.75 Å². The van der Waals surface area contributed by atoms with Crippen molar-refractivity contribution in [2.24, 2.45) is 0 Å². The Kier molecular flexibility index (Phi) is 8.75. The van der Waals surface area contributed by atoms with Gasteiger partial charge in [0.05, 0.1) is 37.0 Å². The third-order valence-electron chi connectivity index (χ3n) is 7.27. The molecule has 8 nitrogen and oxygen atoms in total. The number of carbonyl (C=O) groups is 2. The van der Waals surface area contributed by atoms with E-state index in [1.165, 1.54) is 37.1 Å². The fourth-order valence-electron chi connectivity index (χ4n) is 5.52. The Hall–Kier alpha value is -3.50. The van der Waals surface area contributed by atoms with Crippen LogP contribution in [0.4, 0.5) is 13.6 Å². The lowest BCUT2D eigenvalue weighted by Crippen LogP contribution is -2.48. The number of alkyl halides is 2. The molecule has 1 fully saturated rings. The molecule has 0 amide bonds. The Morgan fingerprint density at radius 2 is 1.76 bits per heavy atom. The molecule has 0 spiro atoms. The van der Waals surface area contributed by atoms with Crippen molar-refractivity contribution < 1.29 is 37.3 Å². The first-order valence-electron chi connectivity index (χ1n) is 13.7. The molecule has 4 rings (SSSR count). The summed E-state index contributed by atoms with van der Waals surface area (Å²) < 4.78 is 56.8. The van der Waals surface area contributed by atoms with Gasteiger partial charge in [0, 0.05) is 30.8 Å². The van der Waals surface area contributed by atoms with E-state index in [-0.39, 0.29) is 29.3 Å². The van der Waals surface area contributed by atoms with Gasteiger partial charge in [-0.25, -0.2) is 14.5 Å². The van der Waals surface area contributed by atoms with Gasteiger partial charge in [0.15, 0.2) is 0 Å². The molecule has 222 valence electrons. The number of piperidine rings is 1. The molecule has 1 aliphatic rings. The number of hydrogen-bond acceptors (Lipinski definition) is 7. The minimum atomic E-state index is -3.50. The number of hydrogen-bond donors (Lipinski definition) is 0. The first-order valence-corrected chi connectivity index (χ1v) is 13.7. The van der Waals surface area contributed by atoms with E-state index in [2.05, 4.69) is 0 Å². The van der Waals surface area contributed by atoms with E-state index < -0.39 is 29.8 Å². The number of fused-ring (bicyclic) bond motifs is 1. The van der Waals surface area contributed by atoms with E-state index in [0.717, 1.165) is 4.90 Å². The van der Waals surface area contributed by atoms with E-state index in [9.17, 15) is 9.59 Å². The average Bonchev–Trinajstić information content (AvgIpc) is 3.37. The molecule has 1 aliphatic heterocycles. The first-order chi connectivity index (χ1) is 19.3. The summed E-state index contributed by atoms with van der Waals surface area (Å²) in [6.07, 6.45) is 1.34. The normalized spacial score (nSPS) is 18.4. The van der Waals surface area contributed by atoms with Crippen molar-refractivity contribution >= 4 is 23.0 Å². The summed E-state index contributed by atoms with van der Waals surface area (Å²) in [6, 6.07) is 5.31. The predicted octanol–water partition coefficient (Wildman–Crippen LogP) is 6.82. The number of methoxy groups -OCH3 is 2. The molecule has 0 saturated carbocycles. The van der Waals surface area contributed by atoms with Crippen molar-refractivity contribution in [1.82, 2.24) is 9.47 Å². The lowest BCUT2D eigenvalue weighted by molar-refractivity contribution is -0.195. The molecule has 3 aromatic rings. The second-order valence-electron chi connectivity index (χ2n) is 11.2. The highest BCUT2D eigenvalue weighted by Gasteiger charge is 2.49. The van der Waals surface area contributed by atoms with Gasteiger partial charge in [0.25, 0.3) is 0 Å². The van der Waals surface area contributed by atoms with Gasteiger partial charge in [-0.1, -0.05) is 12.1 Å². The smallest absolute Gasteiger partial charge is 0.419 e. The van der Waals surface area contributed by atoms with Gasteiger partial charge in [-0.3, -0.25) is 4.57 Å². The summed E-state index contributed by atoms with van der Waals surface area (Å²) in [7, 11) is 2.65. The Morgan fingerprint density at radius 3 is 2.34 bits per heavy atom. The van der Waals surface area contributed by atoms with E-state index in [4.69, 9.17) is 18.9 Å². The van der Waals surface area contributed by atoms with Gasteiger partial charge in [0.1, 0.15) is 11.4 Å². The maximum atomic E-state index is 16.9.